The minimum Gasteiger partial charge on any atom is -0.377 e. The van der Waals surface area contributed by atoms with Crippen LogP contribution in [-0.2, 0) is 21.8 Å². The second kappa shape index (κ2) is 8.43. The first-order valence-electron chi connectivity index (χ1n) is 11.4. The van der Waals surface area contributed by atoms with Gasteiger partial charge in [-0.15, -0.1) is 0 Å². The van der Waals surface area contributed by atoms with Gasteiger partial charge in [-0.1, -0.05) is 39.8 Å². The van der Waals surface area contributed by atoms with Crippen molar-refractivity contribution in [1.29, 1.82) is 0 Å². The summed E-state index contributed by atoms with van der Waals surface area (Å²) in [6.45, 7) is 8.14. The Hall–Kier alpha value is -2.74. The third kappa shape index (κ3) is 4.60. The van der Waals surface area contributed by atoms with E-state index in [2.05, 4.69) is 19.2 Å². The highest BCUT2D eigenvalue weighted by molar-refractivity contribution is 8.18. The molecule has 1 aliphatic heterocycles. The summed E-state index contributed by atoms with van der Waals surface area (Å²) in [5.41, 5.74) is 1.76. The Labute approximate surface area is 208 Å². The Kier molecular flexibility index (Phi) is 6.11. The van der Waals surface area contributed by atoms with Crippen LogP contribution < -0.4 is 10.2 Å². The number of alkyl halides is 3. The van der Waals surface area contributed by atoms with E-state index in [1.807, 2.05) is 13.8 Å². The number of thioether (sulfide) groups is 1. The molecule has 0 atom stereocenters. The van der Waals surface area contributed by atoms with Crippen LogP contribution in [0.2, 0.25) is 0 Å². The molecule has 0 saturated carbocycles. The number of anilines is 1. The van der Waals surface area contributed by atoms with Crippen LogP contribution in [0.4, 0.5) is 23.7 Å². The molecular weight excluding hydrogens is 473 g/mol. The van der Waals surface area contributed by atoms with Crippen molar-refractivity contribution < 1.29 is 22.8 Å². The minimum absolute atomic E-state index is 0.0768. The van der Waals surface area contributed by atoms with E-state index in [4.69, 9.17) is 0 Å². The molecule has 35 heavy (non-hydrogen) atoms. The van der Waals surface area contributed by atoms with Crippen molar-refractivity contribution in [2.24, 2.45) is 0 Å². The van der Waals surface area contributed by atoms with Crippen molar-refractivity contribution in [3.05, 3.63) is 57.5 Å². The number of benzene rings is 2. The first-order chi connectivity index (χ1) is 16.1. The summed E-state index contributed by atoms with van der Waals surface area (Å²) in [4.78, 5) is 25.8. The molecular formula is C27H29F3N2O2S. The standard InChI is InChI=1S/C27H29F3N2O2S/c1-25(2)10-11-26(3,4)19-14-17(27(28,29)30)16(13-18(19)25)22-15(8-7-9-20(22)32(5)6)12-21-23(33)31-24(34)35-21/h7-9,12-14H,10-11H2,1-6H3,(H,31,33,34)/b21-12+. The highest BCUT2D eigenvalue weighted by Gasteiger charge is 2.42. The van der Waals surface area contributed by atoms with Gasteiger partial charge in [0.15, 0.2) is 0 Å². The Bertz CT molecular complexity index is 1260. The molecule has 0 aromatic heterocycles. The van der Waals surface area contributed by atoms with Gasteiger partial charge in [-0.25, -0.2) is 0 Å². The summed E-state index contributed by atoms with van der Waals surface area (Å²) in [6.07, 6.45) is -1.41. The van der Waals surface area contributed by atoms with Gasteiger partial charge in [0.1, 0.15) is 0 Å². The molecule has 1 fully saturated rings. The summed E-state index contributed by atoms with van der Waals surface area (Å²) in [7, 11) is 3.55. The second-order valence-corrected chi connectivity index (χ2v) is 11.7. The number of hydrogen-bond acceptors (Lipinski definition) is 4. The van der Waals surface area contributed by atoms with E-state index in [0.29, 0.717) is 16.8 Å². The van der Waals surface area contributed by atoms with Crippen LogP contribution in [0.3, 0.4) is 0 Å². The quantitative estimate of drug-likeness (QED) is 0.455. The average Bonchev–Trinajstić information content (AvgIpc) is 3.06. The molecule has 0 radical (unpaired) electrons. The fraction of sp³-hybridized carbons (Fsp3) is 0.407. The topological polar surface area (TPSA) is 49.4 Å². The maximum absolute atomic E-state index is 14.6. The fourth-order valence-electron chi connectivity index (χ4n) is 4.96. The second-order valence-electron chi connectivity index (χ2n) is 10.7. The zero-order valence-electron chi connectivity index (χ0n) is 20.7. The Morgan fingerprint density at radius 1 is 1.00 bits per heavy atom. The monoisotopic (exact) mass is 502 g/mol. The Morgan fingerprint density at radius 3 is 2.11 bits per heavy atom. The van der Waals surface area contributed by atoms with Gasteiger partial charge >= 0.3 is 6.18 Å². The number of halogens is 3. The van der Waals surface area contributed by atoms with Gasteiger partial charge in [0, 0.05) is 25.3 Å². The van der Waals surface area contributed by atoms with Gasteiger partial charge in [-0.2, -0.15) is 13.2 Å². The minimum atomic E-state index is -4.58. The lowest BCUT2D eigenvalue weighted by Crippen LogP contribution is -2.34. The van der Waals surface area contributed by atoms with E-state index in [-0.39, 0.29) is 21.3 Å². The number of nitrogens with one attached hydrogen (secondary N) is 1. The molecule has 8 heteroatoms. The molecule has 1 heterocycles. The van der Waals surface area contributed by atoms with E-state index in [0.717, 1.165) is 35.7 Å². The summed E-state index contributed by atoms with van der Waals surface area (Å²) in [5.74, 6) is -0.550. The molecule has 0 unspecified atom stereocenters. The van der Waals surface area contributed by atoms with E-state index in [9.17, 15) is 22.8 Å². The van der Waals surface area contributed by atoms with Gasteiger partial charge in [-0.05, 0) is 82.0 Å². The zero-order chi connectivity index (χ0) is 25.9. The summed E-state index contributed by atoms with van der Waals surface area (Å²) in [6, 6.07) is 8.22. The Balaban J connectivity index is 2.09. The van der Waals surface area contributed by atoms with E-state index < -0.39 is 22.9 Å². The van der Waals surface area contributed by atoms with Gasteiger partial charge in [-0.3, -0.25) is 14.9 Å². The number of amides is 2. The van der Waals surface area contributed by atoms with E-state index >= 15 is 0 Å². The molecule has 2 amide bonds. The zero-order valence-corrected chi connectivity index (χ0v) is 21.5. The molecule has 4 rings (SSSR count). The highest BCUT2D eigenvalue weighted by atomic mass is 32.2. The molecule has 2 aromatic carbocycles. The summed E-state index contributed by atoms with van der Waals surface area (Å²) >= 11 is 0.744. The Morgan fingerprint density at radius 2 is 1.60 bits per heavy atom. The lowest BCUT2D eigenvalue weighted by atomic mass is 9.62. The largest absolute Gasteiger partial charge is 0.417 e. The highest BCUT2D eigenvalue weighted by Crippen LogP contribution is 2.51. The normalized spacial score (nSPS) is 20.1. The van der Waals surface area contributed by atoms with Gasteiger partial charge in [0.05, 0.1) is 10.5 Å². The number of carbonyl (C=O) groups excluding carboxylic acids is 2. The maximum atomic E-state index is 14.6. The third-order valence-electron chi connectivity index (χ3n) is 7.05. The molecule has 0 bridgehead atoms. The molecule has 1 aliphatic carbocycles. The van der Waals surface area contributed by atoms with Crippen LogP contribution >= 0.6 is 11.8 Å². The van der Waals surface area contributed by atoms with Gasteiger partial charge in [0.25, 0.3) is 11.1 Å². The fourth-order valence-corrected chi connectivity index (χ4v) is 5.63. The summed E-state index contributed by atoms with van der Waals surface area (Å²) < 4.78 is 43.8. The van der Waals surface area contributed by atoms with Gasteiger partial charge in [0.2, 0.25) is 0 Å². The number of nitrogens with zero attached hydrogens (tertiary/aromatic N) is 1. The number of imide groups is 1. The molecule has 4 nitrogen and oxygen atoms in total. The summed E-state index contributed by atoms with van der Waals surface area (Å²) in [5, 5.41) is 1.71. The molecule has 1 N–H and O–H groups in total. The van der Waals surface area contributed by atoms with Gasteiger partial charge < -0.3 is 4.90 Å². The van der Waals surface area contributed by atoms with Crippen molar-refractivity contribution >= 4 is 34.7 Å². The average molecular weight is 503 g/mol. The lowest BCUT2D eigenvalue weighted by molar-refractivity contribution is -0.137. The molecule has 2 aromatic rings. The molecule has 186 valence electrons. The van der Waals surface area contributed by atoms with Crippen LogP contribution in [0.25, 0.3) is 17.2 Å². The van der Waals surface area contributed by atoms with Crippen molar-refractivity contribution in [1.82, 2.24) is 5.32 Å². The first-order valence-corrected chi connectivity index (χ1v) is 12.3. The van der Waals surface area contributed by atoms with Crippen LogP contribution in [0.5, 0.6) is 0 Å². The molecule has 0 spiro atoms. The van der Waals surface area contributed by atoms with Crippen LogP contribution in [-0.4, -0.2) is 25.2 Å². The molecule has 2 aliphatic rings. The molecule has 1 saturated heterocycles. The van der Waals surface area contributed by atoms with Crippen molar-refractivity contribution in [2.45, 2.75) is 57.5 Å². The van der Waals surface area contributed by atoms with Crippen LogP contribution in [0.1, 0.15) is 62.8 Å². The lowest BCUT2D eigenvalue weighted by Gasteiger charge is -2.42. The third-order valence-corrected chi connectivity index (χ3v) is 7.86. The van der Waals surface area contributed by atoms with Crippen molar-refractivity contribution in [3.63, 3.8) is 0 Å². The predicted octanol–water partition coefficient (Wildman–Crippen LogP) is 7.11. The van der Waals surface area contributed by atoms with Crippen LogP contribution in [0, 0.1) is 0 Å². The number of hydrogen-bond donors (Lipinski definition) is 1. The smallest absolute Gasteiger partial charge is 0.377 e. The van der Waals surface area contributed by atoms with Crippen molar-refractivity contribution in [2.75, 3.05) is 19.0 Å². The van der Waals surface area contributed by atoms with Crippen LogP contribution in [0.15, 0.2) is 35.2 Å². The number of fused-ring (bicyclic) bond motifs is 1. The SMILES string of the molecule is CN(C)c1cccc(/C=C2/SC(=O)NC2=O)c1-c1cc2c(cc1C(F)(F)F)C(C)(C)CCC2(C)C. The first kappa shape index (κ1) is 25.4. The maximum Gasteiger partial charge on any atom is 0.417 e. The predicted molar refractivity (Wildman–Crippen MR) is 136 cm³/mol. The van der Waals surface area contributed by atoms with E-state index in [1.165, 1.54) is 12.1 Å². The van der Waals surface area contributed by atoms with E-state index in [1.54, 1.807) is 43.3 Å². The number of carbonyl (C=O) groups is 2. The van der Waals surface area contributed by atoms with Crippen molar-refractivity contribution in [3.8, 4) is 11.1 Å². The number of rotatable bonds is 3.